The standard InChI is InChI=1S/C22H10BF26NO3/c1-5(2)10(51)50-6-3-7(11(24,25)13(28,29)15(32,33)17(36,37)19(40,41)21(44,45)46)9(8(4-6)23(52)53)12(26,27)14(30,31)16(34,35)18(38,39)20(42,43)22(47,48)49/h3-4,52-53H,1H2,2H3,(H,50,51). The first-order valence-corrected chi connectivity index (χ1v) is 12.2. The van der Waals surface area contributed by atoms with Crippen LogP contribution in [-0.2, 0) is 16.6 Å². The minimum absolute atomic E-state index is 0.562. The lowest BCUT2D eigenvalue weighted by Crippen LogP contribution is -2.70. The maximum Gasteiger partial charge on any atom is 0.489 e. The summed E-state index contributed by atoms with van der Waals surface area (Å²) in [6.07, 6.45) is -16.3. The van der Waals surface area contributed by atoms with Crippen molar-refractivity contribution < 1.29 is 129 Å². The van der Waals surface area contributed by atoms with E-state index >= 15 is 17.6 Å². The monoisotopic (exact) mass is 841 g/mol. The summed E-state index contributed by atoms with van der Waals surface area (Å²) in [6.45, 7) is 3.32. The third-order valence-electron chi connectivity index (χ3n) is 6.61. The molecule has 0 saturated heterocycles. The smallest absolute Gasteiger partial charge is 0.423 e. The highest BCUT2D eigenvalue weighted by Crippen LogP contribution is 2.66. The van der Waals surface area contributed by atoms with Crippen molar-refractivity contribution in [1.29, 1.82) is 0 Å². The molecule has 1 rings (SSSR count). The van der Waals surface area contributed by atoms with Crippen LogP contribution in [0.3, 0.4) is 0 Å². The van der Waals surface area contributed by atoms with E-state index in [2.05, 4.69) is 6.58 Å². The number of hydrogen-bond donors (Lipinski definition) is 3. The van der Waals surface area contributed by atoms with E-state index in [4.69, 9.17) is 0 Å². The van der Waals surface area contributed by atoms with E-state index in [0.717, 1.165) is 5.32 Å². The van der Waals surface area contributed by atoms with Gasteiger partial charge in [-0.2, -0.15) is 114 Å². The molecule has 3 N–H and O–H groups in total. The summed E-state index contributed by atoms with van der Waals surface area (Å²) in [4.78, 5) is 11.8. The number of carbonyl (C=O) groups excluding carboxylic acids is 1. The van der Waals surface area contributed by atoms with Crippen molar-refractivity contribution in [2.75, 3.05) is 5.32 Å². The van der Waals surface area contributed by atoms with Gasteiger partial charge in [-0.15, -0.1) is 0 Å². The van der Waals surface area contributed by atoms with Gasteiger partial charge < -0.3 is 15.4 Å². The quantitative estimate of drug-likeness (QED) is 0.107. The molecule has 0 spiro atoms. The number of halogens is 26. The van der Waals surface area contributed by atoms with E-state index in [1.54, 1.807) is 0 Å². The van der Waals surface area contributed by atoms with Gasteiger partial charge in [-0.1, -0.05) is 6.58 Å². The normalized spacial score (nSPS) is 15.4. The lowest BCUT2D eigenvalue weighted by molar-refractivity contribution is -0.444. The van der Waals surface area contributed by atoms with Gasteiger partial charge in [0.15, 0.2) is 0 Å². The van der Waals surface area contributed by atoms with Gasteiger partial charge in [0, 0.05) is 22.4 Å². The highest BCUT2D eigenvalue weighted by molar-refractivity contribution is 6.59. The third kappa shape index (κ3) is 6.58. The zero-order chi connectivity index (χ0) is 43.2. The average molecular weight is 841 g/mol. The topological polar surface area (TPSA) is 69.6 Å². The van der Waals surface area contributed by atoms with Crippen LogP contribution in [0.2, 0.25) is 0 Å². The van der Waals surface area contributed by atoms with E-state index < -0.39 is 125 Å². The zero-order valence-electron chi connectivity index (χ0n) is 24.1. The number of nitrogens with one attached hydrogen (secondary N) is 1. The molecule has 0 aliphatic carbocycles. The number of anilines is 1. The molecule has 31 heteroatoms. The zero-order valence-corrected chi connectivity index (χ0v) is 24.1. The van der Waals surface area contributed by atoms with Crippen molar-refractivity contribution in [1.82, 2.24) is 0 Å². The fourth-order valence-electron chi connectivity index (χ4n) is 3.64. The van der Waals surface area contributed by atoms with Gasteiger partial charge in [-0.05, 0) is 24.5 Å². The molecule has 53 heavy (non-hydrogen) atoms. The second-order valence-corrected chi connectivity index (χ2v) is 10.3. The molecule has 1 aromatic carbocycles. The van der Waals surface area contributed by atoms with Crippen molar-refractivity contribution >= 4 is 24.2 Å². The van der Waals surface area contributed by atoms with Crippen LogP contribution in [0.1, 0.15) is 18.1 Å². The first kappa shape index (κ1) is 47.6. The first-order valence-electron chi connectivity index (χ1n) is 12.2. The Hall–Kier alpha value is -3.41. The van der Waals surface area contributed by atoms with Crippen LogP contribution in [0.15, 0.2) is 24.3 Å². The molecule has 1 amide bonds. The Morgan fingerprint density at radius 2 is 0.830 bits per heavy atom. The number of hydrogen-bond acceptors (Lipinski definition) is 3. The molecule has 0 saturated carbocycles. The fraction of sp³-hybridized carbons (Fsp3) is 0.591. The number of rotatable bonds is 13. The van der Waals surface area contributed by atoms with E-state index in [-0.39, 0.29) is 0 Å². The van der Waals surface area contributed by atoms with Gasteiger partial charge in [0.2, 0.25) is 0 Å². The van der Waals surface area contributed by atoms with Crippen LogP contribution in [0.25, 0.3) is 0 Å². The Kier molecular flexibility index (Phi) is 11.5. The number of carbonyl (C=O) groups is 1. The second-order valence-electron chi connectivity index (χ2n) is 10.3. The summed E-state index contributed by atoms with van der Waals surface area (Å²) >= 11 is 0. The van der Waals surface area contributed by atoms with Crippen molar-refractivity contribution in [3.05, 3.63) is 35.4 Å². The molecular weight excluding hydrogens is 831 g/mol. The Morgan fingerprint density at radius 1 is 0.528 bits per heavy atom. The third-order valence-corrected chi connectivity index (χ3v) is 6.61. The second kappa shape index (κ2) is 12.8. The van der Waals surface area contributed by atoms with Gasteiger partial charge in [0.1, 0.15) is 0 Å². The maximum absolute atomic E-state index is 15.3. The summed E-state index contributed by atoms with van der Waals surface area (Å²) in [5.41, 5.74) is -15.9. The molecule has 0 unspecified atom stereocenters. The molecule has 0 aliphatic rings. The fourth-order valence-corrected chi connectivity index (χ4v) is 3.64. The average Bonchev–Trinajstić information content (AvgIpc) is 2.94. The van der Waals surface area contributed by atoms with Gasteiger partial charge in [-0.3, -0.25) is 4.79 Å². The van der Waals surface area contributed by atoms with Gasteiger partial charge in [0.25, 0.3) is 5.91 Å². The molecule has 0 bridgehead atoms. The Labute approximate surface area is 273 Å². The van der Waals surface area contributed by atoms with Gasteiger partial charge in [0.05, 0.1) is 0 Å². The van der Waals surface area contributed by atoms with Gasteiger partial charge >= 0.3 is 78.7 Å². The predicted octanol–water partition coefficient (Wildman–Crippen LogP) is 8.27. The van der Waals surface area contributed by atoms with E-state index in [1.165, 1.54) is 0 Å². The molecule has 0 aliphatic heterocycles. The molecular formula is C22H10BF26NO3. The van der Waals surface area contributed by atoms with Crippen LogP contribution < -0.4 is 10.8 Å². The van der Waals surface area contributed by atoms with Crippen molar-refractivity contribution in [2.45, 2.75) is 78.5 Å². The molecule has 306 valence electrons. The highest BCUT2D eigenvalue weighted by Gasteiger charge is 2.93. The largest absolute Gasteiger partial charge is 0.489 e. The number of benzene rings is 1. The van der Waals surface area contributed by atoms with Crippen molar-refractivity contribution in [2.24, 2.45) is 0 Å². The molecule has 0 radical (unpaired) electrons. The Balaban J connectivity index is 4.66. The van der Waals surface area contributed by atoms with Crippen molar-refractivity contribution in [3.8, 4) is 0 Å². The van der Waals surface area contributed by atoms with Gasteiger partial charge in [-0.25, -0.2) is 0 Å². The van der Waals surface area contributed by atoms with Crippen LogP contribution in [0.5, 0.6) is 0 Å². The number of alkyl halides is 26. The lowest BCUT2D eigenvalue weighted by atomic mass is 9.70. The summed E-state index contributed by atoms with van der Waals surface area (Å²) in [5, 5.41) is 19.5. The van der Waals surface area contributed by atoms with E-state index in [0.29, 0.717) is 6.92 Å². The molecule has 4 nitrogen and oxygen atoms in total. The molecule has 0 atom stereocenters. The van der Waals surface area contributed by atoms with E-state index in [9.17, 15) is 111 Å². The van der Waals surface area contributed by atoms with Crippen LogP contribution in [0, 0.1) is 0 Å². The summed E-state index contributed by atoms with van der Waals surface area (Å²) in [6, 6.07) is -2.65. The molecule has 0 fully saturated rings. The maximum atomic E-state index is 15.3. The minimum atomic E-state index is -9.08. The van der Waals surface area contributed by atoms with Crippen LogP contribution in [-0.4, -0.2) is 82.8 Å². The molecule has 0 heterocycles. The predicted molar refractivity (Wildman–Crippen MR) is 119 cm³/mol. The molecule has 1 aromatic rings. The lowest BCUT2D eigenvalue weighted by Gasteiger charge is -2.42. The van der Waals surface area contributed by atoms with Crippen molar-refractivity contribution in [3.63, 3.8) is 0 Å². The Morgan fingerprint density at radius 3 is 1.11 bits per heavy atom. The minimum Gasteiger partial charge on any atom is -0.423 e. The van der Waals surface area contributed by atoms with Crippen LogP contribution >= 0.6 is 0 Å². The first-order chi connectivity index (χ1) is 22.7. The molecule has 0 aromatic heterocycles. The summed E-state index contributed by atoms with van der Waals surface area (Å²) in [5.74, 6) is -89.8. The summed E-state index contributed by atoms with van der Waals surface area (Å²) < 4.78 is 359. The Bertz CT molecular complexity index is 1580. The summed E-state index contributed by atoms with van der Waals surface area (Å²) in [7, 11) is -4.52. The number of amides is 1. The highest BCUT2D eigenvalue weighted by atomic mass is 19.4. The van der Waals surface area contributed by atoms with E-state index in [1.807, 2.05) is 0 Å². The SMILES string of the molecule is C=C(C)C(=O)Nc1cc(B(O)O)c(C(F)(F)C(F)(F)C(F)(F)C(F)(F)C(F)(F)C(F)(F)F)c(C(F)(F)C(F)(F)C(F)(F)C(F)(F)C(F)(F)C(F)(F)F)c1. The van der Waals surface area contributed by atoms with Crippen LogP contribution in [0.4, 0.5) is 120 Å².